The molecule has 0 unspecified atom stereocenters. The molecule has 0 bridgehead atoms. The predicted molar refractivity (Wildman–Crippen MR) is 155 cm³/mol. The number of aliphatic hydroxyl groups is 2. The van der Waals surface area contributed by atoms with Gasteiger partial charge in [0.15, 0.2) is 0 Å². The third kappa shape index (κ3) is 6.72. The summed E-state index contributed by atoms with van der Waals surface area (Å²) in [6, 6.07) is 6.98. The summed E-state index contributed by atoms with van der Waals surface area (Å²) in [4.78, 5) is 13.7. The lowest BCUT2D eigenvalue weighted by atomic mass is 9.64. The second kappa shape index (κ2) is 13.2. The van der Waals surface area contributed by atoms with E-state index in [0.717, 1.165) is 12.8 Å². The molecule has 5 atom stereocenters. The molecule has 2 saturated heterocycles. The van der Waals surface area contributed by atoms with Crippen LogP contribution in [0.2, 0.25) is 10.0 Å². The van der Waals surface area contributed by atoms with Gasteiger partial charge in [-0.1, -0.05) is 55.2 Å². The minimum absolute atomic E-state index is 0.0641. The summed E-state index contributed by atoms with van der Waals surface area (Å²) in [7, 11) is 0. The van der Waals surface area contributed by atoms with E-state index in [1.54, 1.807) is 6.07 Å². The monoisotopic (exact) mass is 613 g/mol. The van der Waals surface area contributed by atoms with Crippen molar-refractivity contribution in [2.75, 3.05) is 26.4 Å². The van der Waals surface area contributed by atoms with Crippen molar-refractivity contribution in [1.82, 2.24) is 10.6 Å². The molecule has 0 aromatic heterocycles. The van der Waals surface area contributed by atoms with Gasteiger partial charge in [-0.3, -0.25) is 4.79 Å². The molecule has 11 heteroatoms. The Morgan fingerprint density at radius 1 is 1.24 bits per heavy atom. The number of halogens is 4. The maximum absolute atomic E-state index is 15.8. The lowest BCUT2D eigenvalue weighted by Crippen LogP contribution is -2.53. The fourth-order valence-electron chi connectivity index (χ4n) is 6.53. The quantitative estimate of drug-likeness (QED) is 0.273. The number of ether oxygens (including phenoxy) is 1. The zero-order chi connectivity index (χ0) is 29.9. The molecule has 2 aliphatic heterocycles. The summed E-state index contributed by atoms with van der Waals surface area (Å²) in [5, 5.41) is 25.1. The molecular weight excluding hydrogens is 575 g/mol. The number of nitrogens with two attached hydrogens (primary N) is 1. The number of benzene rings is 2. The summed E-state index contributed by atoms with van der Waals surface area (Å²) < 4.78 is 37.1. The average molecular weight is 615 g/mol. The molecule has 2 aliphatic rings. The van der Waals surface area contributed by atoms with Crippen molar-refractivity contribution in [1.29, 1.82) is 0 Å². The molecular formula is C30H39Cl2F2N3O4. The predicted octanol–water partition coefficient (Wildman–Crippen LogP) is 4.25. The van der Waals surface area contributed by atoms with Gasteiger partial charge in [-0.05, 0) is 60.8 Å². The number of carbonyl (C=O) groups is 1. The smallest absolute Gasteiger partial charge is 0.237 e. The second-order valence-corrected chi connectivity index (χ2v) is 12.7. The van der Waals surface area contributed by atoms with Crippen LogP contribution >= 0.6 is 23.2 Å². The highest BCUT2D eigenvalue weighted by molar-refractivity contribution is 6.31. The summed E-state index contributed by atoms with van der Waals surface area (Å²) >= 11 is 12.3. The van der Waals surface area contributed by atoms with Crippen molar-refractivity contribution in [2.45, 2.75) is 69.2 Å². The number of hydrogen-bond donors (Lipinski definition) is 5. The molecule has 7 nitrogen and oxygen atoms in total. The second-order valence-electron chi connectivity index (χ2n) is 11.9. The van der Waals surface area contributed by atoms with Crippen molar-refractivity contribution in [3.05, 3.63) is 69.2 Å². The Balaban J connectivity index is 1.83. The Bertz CT molecular complexity index is 1230. The Morgan fingerprint density at radius 3 is 2.61 bits per heavy atom. The zero-order valence-corrected chi connectivity index (χ0v) is 24.8. The lowest BCUT2D eigenvalue weighted by molar-refractivity contribution is -0.123. The van der Waals surface area contributed by atoms with Gasteiger partial charge in [-0.2, -0.15) is 0 Å². The summed E-state index contributed by atoms with van der Waals surface area (Å²) in [6.45, 7) is 5.16. The van der Waals surface area contributed by atoms with Crippen molar-refractivity contribution in [3.8, 4) is 0 Å². The topological polar surface area (TPSA) is 117 Å². The molecule has 0 spiro atoms. The van der Waals surface area contributed by atoms with Gasteiger partial charge < -0.3 is 31.3 Å². The molecule has 6 N–H and O–H groups in total. The Hall–Kier alpha value is -1.85. The van der Waals surface area contributed by atoms with Crippen LogP contribution in [0.25, 0.3) is 0 Å². The third-order valence-electron chi connectivity index (χ3n) is 8.85. The van der Waals surface area contributed by atoms with Gasteiger partial charge in [-0.15, -0.1) is 0 Å². The number of nitrogens with one attached hydrogen (secondary N) is 2. The van der Waals surface area contributed by atoms with E-state index < -0.39 is 53.8 Å². The van der Waals surface area contributed by atoms with Gasteiger partial charge in [0, 0.05) is 42.3 Å². The van der Waals surface area contributed by atoms with Gasteiger partial charge in [0.05, 0.1) is 29.3 Å². The van der Waals surface area contributed by atoms with E-state index in [1.807, 2.05) is 0 Å². The van der Waals surface area contributed by atoms with E-state index in [1.165, 1.54) is 30.3 Å². The van der Waals surface area contributed by atoms with E-state index in [-0.39, 0.29) is 39.6 Å². The molecule has 0 radical (unpaired) electrons. The largest absolute Gasteiger partial charge is 0.394 e. The number of amides is 1. The molecule has 226 valence electrons. The highest BCUT2D eigenvalue weighted by Crippen LogP contribution is 2.51. The SMILES string of the molecule is CC(C)(C[C@@H]1N[C@@H](C(=O)NCC[C@H](O)CO)[C@H](c2cccc(Cl)c2F)[C@@]1(N)c1ccc(Cl)cc1F)C1CCOCC1. The molecule has 0 aliphatic carbocycles. The van der Waals surface area contributed by atoms with E-state index in [9.17, 15) is 9.90 Å². The van der Waals surface area contributed by atoms with Crippen LogP contribution in [0.1, 0.15) is 56.6 Å². The van der Waals surface area contributed by atoms with E-state index in [0.29, 0.717) is 25.6 Å². The first-order chi connectivity index (χ1) is 19.4. The number of aliphatic hydroxyl groups excluding tert-OH is 2. The normalized spacial score (nSPS) is 26.2. The molecule has 41 heavy (non-hydrogen) atoms. The molecule has 2 fully saturated rings. The van der Waals surface area contributed by atoms with E-state index in [2.05, 4.69) is 24.5 Å². The van der Waals surface area contributed by atoms with Gasteiger partial charge in [-0.25, -0.2) is 8.78 Å². The fraction of sp³-hybridized carbons (Fsp3) is 0.567. The first-order valence-corrected chi connectivity index (χ1v) is 14.7. The molecule has 2 aromatic rings. The zero-order valence-electron chi connectivity index (χ0n) is 23.3. The highest BCUT2D eigenvalue weighted by atomic mass is 35.5. The van der Waals surface area contributed by atoms with Crippen LogP contribution in [0.3, 0.4) is 0 Å². The first kappa shape index (κ1) is 32.1. The molecule has 2 heterocycles. The van der Waals surface area contributed by atoms with Crippen LogP contribution in [0.15, 0.2) is 36.4 Å². The molecule has 2 aromatic carbocycles. The Kier molecular flexibility index (Phi) is 10.3. The van der Waals surface area contributed by atoms with E-state index in [4.69, 9.17) is 38.8 Å². The fourth-order valence-corrected chi connectivity index (χ4v) is 6.87. The standard InChI is InChI=1S/C30H39Cl2F2N3O4/c1-29(2,17-9-12-41-13-10-17)15-24-30(35,21-7-6-18(31)14-23(21)33)25(20-4-3-5-22(32)26(20)34)27(37-24)28(40)36-11-8-19(39)16-38/h3-7,14,17,19,24-25,27,37-39H,8-13,15-16,35H2,1-2H3,(H,36,40)/t19-,24-,25-,27+,30+/m0/s1. The molecule has 4 rings (SSSR count). The van der Waals surface area contributed by atoms with Gasteiger partial charge >= 0.3 is 0 Å². The van der Waals surface area contributed by atoms with Crippen LogP contribution in [-0.4, -0.2) is 60.7 Å². The van der Waals surface area contributed by atoms with Gasteiger partial charge in [0.1, 0.15) is 11.6 Å². The Labute approximate surface area is 249 Å². The van der Waals surface area contributed by atoms with Crippen molar-refractivity contribution >= 4 is 29.1 Å². The maximum Gasteiger partial charge on any atom is 0.237 e. The number of rotatable bonds is 10. The van der Waals surface area contributed by atoms with Crippen LogP contribution in [0, 0.1) is 23.0 Å². The Morgan fingerprint density at radius 2 is 1.95 bits per heavy atom. The third-order valence-corrected chi connectivity index (χ3v) is 9.37. The lowest BCUT2D eigenvalue weighted by Gasteiger charge is -2.43. The number of carbonyl (C=O) groups excluding carboxylic acids is 1. The average Bonchev–Trinajstić information content (AvgIpc) is 3.22. The van der Waals surface area contributed by atoms with Crippen LogP contribution in [0.4, 0.5) is 8.78 Å². The van der Waals surface area contributed by atoms with Crippen molar-refractivity contribution < 1.29 is 28.5 Å². The molecule has 0 saturated carbocycles. The summed E-state index contributed by atoms with van der Waals surface area (Å²) in [6.07, 6.45) is 1.29. The summed E-state index contributed by atoms with van der Waals surface area (Å²) in [5.41, 5.74) is 5.62. The minimum Gasteiger partial charge on any atom is -0.394 e. The van der Waals surface area contributed by atoms with E-state index >= 15 is 8.78 Å². The van der Waals surface area contributed by atoms with Gasteiger partial charge in [0.25, 0.3) is 0 Å². The van der Waals surface area contributed by atoms with Crippen LogP contribution in [-0.2, 0) is 15.1 Å². The van der Waals surface area contributed by atoms with Crippen LogP contribution in [0.5, 0.6) is 0 Å². The highest BCUT2D eigenvalue weighted by Gasteiger charge is 2.59. The van der Waals surface area contributed by atoms with Crippen molar-refractivity contribution in [2.24, 2.45) is 17.1 Å². The maximum atomic E-state index is 15.8. The van der Waals surface area contributed by atoms with Crippen LogP contribution < -0.4 is 16.4 Å². The molecule has 1 amide bonds. The number of hydrogen-bond acceptors (Lipinski definition) is 6. The first-order valence-electron chi connectivity index (χ1n) is 14.0. The van der Waals surface area contributed by atoms with Gasteiger partial charge in [0.2, 0.25) is 5.91 Å². The van der Waals surface area contributed by atoms with Crippen molar-refractivity contribution in [3.63, 3.8) is 0 Å². The summed E-state index contributed by atoms with van der Waals surface area (Å²) in [5.74, 6) is -2.64. The minimum atomic E-state index is -1.59.